The number of nitrogens with zero attached hydrogens (tertiary/aromatic N) is 1. The molecular formula is C23H20ClN3O3S2. The van der Waals surface area contributed by atoms with Crippen LogP contribution in [-0.4, -0.2) is 14.3 Å². The van der Waals surface area contributed by atoms with Gasteiger partial charge in [0.2, 0.25) is 0 Å². The number of hydrogen-bond acceptors (Lipinski definition) is 5. The Morgan fingerprint density at radius 1 is 1.19 bits per heavy atom. The molecule has 0 aliphatic heterocycles. The molecule has 9 heteroatoms. The van der Waals surface area contributed by atoms with Crippen molar-refractivity contribution in [1.82, 2.24) is 0 Å². The number of thiophene rings is 1. The second-order valence-corrected chi connectivity index (χ2v) is 11.0. The number of nitrogens with one attached hydrogen (secondary N) is 2. The summed E-state index contributed by atoms with van der Waals surface area (Å²) >= 11 is 7.27. The molecule has 0 fully saturated rings. The Bertz CT molecular complexity index is 1330. The van der Waals surface area contributed by atoms with Crippen LogP contribution in [0.5, 0.6) is 0 Å². The molecule has 1 aliphatic rings. The molecule has 32 heavy (non-hydrogen) atoms. The van der Waals surface area contributed by atoms with E-state index in [0.29, 0.717) is 21.5 Å². The molecule has 1 amide bonds. The number of hydrogen-bond donors (Lipinski definition) is 2. The molecule has 0 saturated heterocycles. The topological polar surface area (TPSA) is 99.1 Å². The van der Waals surface area contributed by atoms with Crippen LogP contribution in [0.25, 0.3) is 0 Å². The summed E-state index contributed by atoms with van der Waals surface area (Å²) in [7, 11) is -3.92. The van der Waals surface area contributed by atoms with Crippen molar-refractivity contribution in [2.75, 3.05) is 10.0 Å². The number of carbonyl (C=O) groups excluding carboxylic acids is 1. The smallest absolute Gasteiger partial charge is 0.261 e. The first-order chi connectivity index (χ1) is 15.3. The summed E-state index contributed by atoms with van der Waals surface area (Å²) in [4.78, 5) is 14.2. The SMILES string of the molecule is CC1CCc2c(sc(NC(=O)c3ccccc3NS(=O)(=O)c3ccc(Cl)cc3)c2C#N)C1. The van der Waals surface area contributed by atoms with E-state index < -0.39 is 15.9 Å². The van der Waals surface area contributed by atoms with E-state index in [0.717, 1.165) is 29.7 Å². The maximum absolute atomic E-state index is 13.1. The fourth-order valence-electron chi connectivity index (χ4n) is 3.72. The van der Waals surface area contributed by atoms with E-state index >= 15 is 0 Å². The van der Waals surface area contributed by atoms with Crippen molar-refractivity contribution in [1.29, 1.82) is 5.26 Å². The second kappa shape index (κ2) is 8.94. The van der Waals surface area contributed by atoms with Gasteiger partial charge in [-0.15, -0.1) is 11.3 Å². The van der Waals surface area contributed by atoms with Gasteiger partial charge in [0.15, 0.2) is 0 Å². The van der Waals surface area contributed by atoms with Crippen LogP contribution in [0.15, 0.2) is 53.4 Å². The molecule has 0 spiro atoms. The van der Waals surface area contributed by atoms with Gasteiger partial charge in [0.25, 0.3) is 15.9 Å². The van der Waals surface area contributed by atoms with Crippen molar-refractivity contribution in [2.24, 2.45) is 5.92 Å². The molecule has 1 aromatic heterocycles. The Balaban J connectivity index is 1.62. The minimum Gasteiger partial charge on any atom is -0.312 e. The van der Waals surface area contributed by atoms with Crippen molar-refractivity contribution in [3.05, 3.63) is 75.1 Å². The van der Waals surface area contributed by atoms with E-state index in [9.17, 15) is 18.5 Å². The second-order valence-electron chi connectivity index (χ2n) is 7.73. The van der Waals surface area contributed by atoms with Gasteiger partial charge in [-0.05, 0) is 67.1 Å². The molecule has 3 aromatic rings. The zero-order chi connectivity index (χ0) is 22.9. The summed E-state index contributed by atoms with van der Waals surface area (Å²) in [6, 6.07) is 14.3. The minimum absolute atomic E-state index is 0.0314. The molecule has 0 saturated carbocycles. The number of para-hydroxylation sites is 1. The van der Waals surface area contributed by atoms with Gasteiger partial charge in [-0.2, -0.15) is 5.26 Å². The Morgan fingerprint density at radius 2 is 1.91 bits per heavy atom. The first-order valence-electron chi connectivity index (χ1n) is 10.0. The van der Waals surface area contributed by atoms with Crippen LogP contribution < -0.4 is 10.0 Å². The zero-order valence-corrected chi connectivity index (χ0v) is 19.6. The monoisotopic (exact) mass is 485 g/mol. The van der Waals surface area contributed by atoms with E-state index in [1.54, 1.807) is 12.1 Å². The van der Waals surface area contributed by atoms with Crippen LogP contribution in [0.3, 0.4) is 0 Å². The first kappa shape index (κ1) is 22.3. The van der Waals surface area contributed by atoms with E-state index in [-0.39, 0.29) is 16.1 Å². The third kappa shape index (κ3) is 4.51. The number of halogens is 1. The van der Waals surface area contributed by atoms with Crippen molar-refractivity contribution in [3.8, 4) is 6.07 Å². The molecular weight excluding hydrogens is 466 g/mol. The highest BCUT2D eigenvalue weighted by atomic mass is 35.5. The predicted octanol–water partition coefficient (Wildman–Crippen LogP) is 5.45. The van der Waals surface area contributed by atoms with Gasteiger partial charge < -0.3 is 5.32 Å². The lowest BCUT2D eigenvalue weighted by Crippen LogP contribution is -2.18. The fraction of sp³-hybridized carbons (Fsp3) is 0.217. The highest BCUT2D eigenvalue weighted by molar-refractivity contribution is 7.92. The van der Waals surface area contributed by atoms with Crippen LogP contribution in [-0.2, 0) is 22.9 Å². The fourth-order valence-corrected chi connectivity index (χ4v) is 6.28. The van der Waals surface area contributed by atoms with Crippen LogP contribution in [0.1, 0.15) is 39.7 Å². The van der Waals surface area contributed by atoms with Crippen molar-refractivity contribution in [3.63, 3.8) is 0 Å². The molecule has 2 aromatic carbocycles. The van der Waals surface area contributed by atoms with Crippen LogP contribution >= 0.6 is 22.9 Å². The lowest BCUT2D eigenvalue weighted by atomic mass is 9.88. The highest BCUT2D eigenvalue weighted by Crippen LogP contribution is 2.39. The Labute approximate surface area is 195 Å². The first-order valence-corrected chi connectivity index (χ1v) is 12.7. The standard InChI is InChI=1S/C23H20ClN3O3S2/c1-14-6-11-17-19(13-25)23(31-21(17)12-14)26-22(28)18-4-2-3-5-20(18)27-32(29,30)16-9-7-15(24)8-10-16/h2-5,7-10,14,27H,6,11-12H2,1H3,(H,26,28). The molecule has 0 bridgehead atoms. The zero-order valence-electron chi connectivity index (χ0n) is 17.2. The molecule has 6 nitrogen and oxygen atoms in total. The van der Waals surface area contributed by atoms with Gasteiger partial charge >= 0.3 is 0 Å². The summed E-state index contributed by atoms with van der Waals surface area (Å²) in [5.74, 6) is 0.0572. The summed E-state index contributed by atoms with van der Waals surface area (Å²) in [5, 5.41) is 13.4. The summed E-state index contributed by atoms with van der Waals surface area (Å²) < 4.78 is 28.0. The van der Waals surface area contributed by atoms with E-state index in [1.807, 2.05) is 0 Å². The van der Waals surface area contributed by atoms with Gasteiger partial charge in [0, 0.05) is 9.90 Å². The summed E-state index contributed by atoms with van der Waals surface area (Å²) in [5.41, 5.74) is 1.83. The van der Waals surface area contributed by atoms with Gasteiger partial charge in [-0.25, -0.2) is 8.42 Å². The molecule has 1 aliphatic carbocycles. The lowest BCUT2D eigenvalue weighted by Gasteiger charge is -2.17. The number of fused-ring (bicyclic) bond motifs is 1. The van der Waals surface area contributed by atoms with E-state index in [4.69, 9.17) is 11.6 Å². The average molecular weight is 486 g/mol. The number of nitriles is 1. The Morgan fingerprint density at radius 3 is 2.62 bits per heavy atom. The minimum atomic E-state index is -3.92. The number of sulfonamides is 1. The summed E-state index contributed by atoms with van der Waals surface area (Å²) in [6.07, 6.45) is 2.73. The van der Waals surface area contributed by atoms with Crippen LogP contribution in [0.4, 0.5) is 10.7 Å². The third-order valence-electron chi connectivity index (χ3n) is 5.39. The molecule has 0 radical (unpaired) electrons. The van der Waals surface area contributed by atoms with Crippen molar-refractivity contribution >= 4 is 49.6 Å². The van der Waals surface area contributed by atoms with E-state index in [1.165, 1.54) is 47.7 Å². The molecule has 1 atom stereocenters. The maximum atomic E-state index is 13.1. The average Bonchev–Trinajstić information content (AvgIpc) is 3.09. The molecule has 1 heterocycles. The maximum Gasteiger partial charge on any atom is 0.261 e. The van der Waals surface area contributed by atoms with Crippen LogP contribution in [0.2, 0.25) is 5.02 Å². The van der Waals surface area contributed by atoms with E-state index in [2.05, 4.69) is 23.0 Å². The number of carbonyl (C=O) groups is 1. The molecule has 4 rings (SSSR count). The van der Waals surface area contributed by atoms with Crippen molar-refractivity contribution < 1.29 is 13.2 Å². The normalized spacial score (nSPS) is 15.5. The number of benzene rings is 2. The number of rotatable bonds is 5. The third-order valence-corrected chi connectivity index (χ3v) is 8.19. The van der Waals surface area contributed by atoms with Gasteiger partial charge in [0.1, 0.15) is 11.1 Å². The predicted molar refractivity (Wildman–Crippen MR) is 127 cm³/mol. The number of amides is 1. The van der Waals surface area contributed by atoms with Gasteiger partial charge in [-0.1, -0.05) is 30.7 Å². The molecule has 2 N–H and O–H groups in total. The summed E-state index contributed by atoms with van der Waals surface area (Å²) in [6.45, 7) is 2.18. The Hall–Kier alpha value is -2.86. The largest absolute Gasteiger partial charge is 0.312 e. The quantitative estimate of drug-likeness (QED) is 0.501. The van der Waals surface area contributed by atoms with Crippen molar-refractivity contribution in [2.45, 2.75) is 31.1 Å². The number of anilines is 2. The van der Waals surface area contributed by atoms with Crippen LogP contribution in [0, 0.1) is 17.2 Å². The van der Waals surface area contributed by atoms with Gasteiger partial charge in [-0.3, -0.25) is 9.52 Å². The Kier molecular flexibility index (Phi) is 6.24. The van der Waals surface area contributed by atoms with Gasteiger partial charge in [0.05, 0.1) is 21.7 Å². The highest BCUT2D eigenvalue weighted by Gasteiger charge is 2.26. The lowest BCUT2D eigenvalue weighted by molar-refractivity contribution is 0.102. The molecule has 164 valence electrons. The molecule has 1 unspecified atom stereocenters.